The van der Waals surface area contributed by atoms with E-state index in [0.717, 1.165) is 5.56 Å². The van der Waals surface area contributed by atoms with Crippen LogP contribution < -0.4 is 10.3 Å². The Balaban J connectivity index is 1.84. The van der Waals surface area contributed by atoms with Gasteiger partial charge in [-0.25, -0.2) is 4.98 Å². The van der Waals surface area contributed by atoms with Gasteiger partial charge in [-0.15, -0.1) is 0 Å². The van der Waals surface area contributed by atoms with Crippen molar-refractivity contribution in [2.75, 3.05) is 20.2 Å². The maximum Gasteiger partial charge on any atom is 0.266 e. The van der Waals surface area contributed by atoms with Crippen molar-refractivity contribution in [3.05, 3.63) is 93.2 Å². The summed E-state index contributed by atoms with van der Waals surface area (Å²) in [6.07, 6.45) is 0. The number of amides is 1. The van der Waals surface area contributed by atoms with Gasteiger partial charge in [0, 0.05) is 35.5 Å². The van der Waals surface area contributed by atoms with Crippen LogP contribution >= 0.6 is 23.4 Å². The number of hydrogen-bond donors (Lipinski definition) is 0. The number of ether oxygens (including phenoxy) is 1. The minimum absolute atomic E-state index is 0.0777. The summed E-state index contributed by atoms with van der Waals surface area (Å²) in [5, 5.41) is 1.64. The average molecular weight is 508 g/mol. The summed E-state index contributed by atoms with van der Waals surface area (Å²) in [4.78, 5) is 33.2. The summed E-state index contributed by atoms with van der Waals surface area (Å²) in [5.41, 5.74) is 2.51. The molecule has 1 amide bonds. The monoisotopic (exact) mass is 507 g/mol. The van der Waals surface area contributed by atoms with Crippen LogP contribution in [-0.2, 0) is 5.75 Å². The van der Waals surface area contributed by atoms with E-state index in [9.17, 15) is 9.59 Å². The zero-order valence-corrected chi connectivity index (χ0v) is 21.4. The van der Waals surface area contributed by atoms with E-state index in [-0.39, 0.29) is 11.5 Å². The largest absolute Gasteiger partial charge is 0.497 e. The Morgan fingerprint density at radius 1 is 1.06 bits per heavy atom. The molecule has 0 aliphatic carbocycles. The first-order chi connectivity index (χ1) is 16.9. The van der Waals surface area contributed by atoms with Crippen LogP contribution in [0.3, 0.4) is 0 Å². The highest BCUT2D eigenvalue weighted by Gasteiger charge is 2.18. The van der Waals surface area contributed by atoms with Crippen LogP contribution in [-0.4, -0.2) is 40.6 Å². The highest BCUT2D eigenvalue weighted by molar-refractivity contribution is 7.98. The first kappa shape index (κ1) is 24.8. The lowest BCUT2D eigenvalue weighted by atomic mass is 10.1. The van der Waals surface area contributed by atoms with Crippen LogP contribution in [0, 0.1) is 0 Å². The zero-order valence-electron chi connectivity index (χ0n) is 19.8. The Kier molecular flexibility index (Phi) is 7.78. The number of carbonyl (C=O) groups excluding carboxylic acids is 1. The molecule has 0 saturated carbocycles. The first-order valence-corrected chi connectivity index (χ1v) is 12.7. The van der Waals surface area contributed by atoms with E-state index < -0.39 is 0 Å². The number of rotatable bonds is 8. The third-order valence-electron chi connectivity index (χ3n) is 5.73. The third-order valence-corrected chi connectivity index (χ3v) is 6.99. The van der Waals surface area contributed by atoms with Gasteiger partial charge in [-0.1, -0.05) is 41.6 Å². The predicted octanol–water partition coefficient (Wildman–Crippen LogP) is 5.82. The Hall–Kier alpha value is -3.29. The fraction of sp³-hybridized carbons (Fsp3) is 0.222. The molecular formula is C27H26ClN3O3S. The van der Waals surface area contributed by atoms with Gasteiger partial charge in [-0.05, 0) is 61.9 Å². The maximum absolute atomic E-state index is 13.7. The topological polar surface area (TPSA) is 64.4 Å². The van der Waals surface area contributed by atoms with Gasteiger partial charge in [0.15, 0.2) is 5.16 Å². The normalized spacial score (nSPS) is 11.0. The molecule has 0 radical (unpaired) electrons. The zero-order chi connectivity index (χ0) is 24.9. The van der Waals surface area contributed by atoms with Gasteiger partial charge < -0.3 is 9.64 Å². The van der Waals surface area contributed by atoms with Crippen molar-refractivity contribution in [3.8, 4) is 11.4 Å². The van der Waals surface area contributed by atoms with Crippen molar-refractivity contribution in [1.82, 2.24) is 14.5 Å². The van der Waals surface area contributed by atoms with Crippen LogP contribution in [0.1, 0.15) is 29.8 Å². The van der Waals surface area contributed by atoms with E-state index in [1.807, 2.05) is 56.3 Å². The molecule has 0 saturated heterocycles. The van der Waals surface area contributed by atoms with Crippen molar-refractivity contribution in [3.63, 3.8) is 0 Å². The standard InChI is InChI=1S/C27H26ClN3O3S/c1-4-30(5-2)25(32)19-11-14-23-24(15-19)29-27(35-17-18-9-12-20(28)13-10-18)31(26(23)33)21-7-6-8-22(16-21)34-3/h6-16H,4-5,17H2,1-3H3. The van der Waals surface area contributed by atoms with Crippen LogP contribution in [0.2, 0.25) is 5.02 Å². The number of methoxy groups -OCH3 is 1. The van der Waals surface area contributed by atoms with Crippen molar-refractivity contribution in [2.24, 2.45) is 0 Å². The van der Waals surface area contributed by atoms with Crippen molar-refractivity contribution < 1.29 is 9.53 Å². The minimum Gasteiger partial charge on any atom is -0.497 e. The molecule has 0 aliphatic heterocycles. The number of carbonyl (C=O) groups is 1. The molecule has 0 unspecified atom stereocenters. The van der Waals surface area contributed by atoms with E-state index in [1.54, 1.807) is 40.8 Å². The minimum atomic E-state index is -0.205. The van der Waals surface area contributed by atoms with Gasteiger partial charge in [0.2, 0.25) is 0 Å². The van der Waals surface area contributed by atoms with Gasteiger partial charge >= 0.3 is 0 Å². The fourth-order valence-corrected chi connectivity index (χ4v) is 4.89. The summed E-state index contributed by atoms with van der Waals surface area (Å²) in [6, 6.07) is 20.0. The molecule has 4 aromatic rings. The molecule has 0 atom stereocenters. The summed E-state index contributed by atoms with van der Waals surface area (Å²) >= 11 is 7.47. The lowest BCUT2D eigenvalue weighted by molar-refractivity contribution is 0.0773. The molecule has 0 fully saturated rings. The number of nitrogens with zero attached hydrogens (tertiary/aromatic N) is 3. The number of hydrogen-bond acceptors (Lipinski definition) is 5. The Morgan fingerprint density at radius 2 is 1.80 bits per heavy atom. The Labute approximate surface area is 213 Å². The molecule has 6 nitrogen and oxygen atoms in total. The number of benzene rings is 3. The van der Waals surface area contributed by atoms with Crippen molar-refractivity contribution in [1.29, 1.82) is 0 Å². The molecule has 0 aliphatic rings. The second-order valence-electron chi connectivity index (χ2n) is 7.86. The van der Waals surface area contributed by atoms with Crippen LogP contribution in [0.15, 0.2) is 76.7 Å². The lowest BCUT2D eigenvalue weighted by Gasteiger charge is -2.19. The second-order valence-corrected chi connectivity index (χ2v) is 9.24. The highest BCUT2D eigenvalue weighted by Crippen LogP contribution is 2.27. The fourth-order valence-electron chi connectivity index (χ4n) is 3.79. The number of thioether (sulfide) groups is 1. The molecule has 4 rings (SSSR count). The molecular weight excluding hydrogens is 482 g/mol. The predicted molar refractivity (Wildman–Crippen MR) is 142 cm³/mol. The van der Waals surface area contributed by atoms with Gasteiger partial charge in [0.05, 0.1) is 23.7 Å². The molecule has 0 spiro atoms. The van der Waals surface area contributed by atoms with E-state index in [2.05, 4.69) is 0 Å². The summed E-state index contributed by atoms with van der Waals surface area (Å²) < 4.78 is 6.97. The molecule has 35 heavy (non-hydrogen) atoms. The molecule has 0 bridgehead atoms. The highest BCUT2D eigenvalue weighted by atomic mass is 35.5. The van der Waals surface area contributed by atoms with E-state index in [4.69, 9.17) is 21.3 Å². The summed E-state index contributed by atoms with van der Waals surface area (Å²) in [5.74, 6) is 1.16. The maximum atomic E-state index is 13.7. The number of halogens is 1. The second kappa shape index (κ2) is 11.0. The molecule has 180 valence electrons. The van der Waals surface area contributed by atoms with E-state index >= 15 is 0 Å². The quantitative estimate of drug-likeness (QED) is 0.222. The van der Waals surface area contributed by atoms with Gasteiger partial charge in [0.1, 0.15) is 5.75 Å². The Morgan fingerprint density at radius 3 is 2.49 bits per heavy atom. The van der Waals surface area contributed by atoms with Gasteiger partial charge in [0.25, 0.3) is 11.5 Å². The van der Waals surface area contributed by atoms with Crippen LogP contribution in [0.4, 0.5) is 0 Å². The van der Waals surface area contributed by atoms with Crippen molar-refractivity contribution in [2.45, 2.75) is 24.8 Å². The number of aromatic nitrogens is 2. The Bertz CT molecular complexity index is 1420. The third kappa shape index (κ3) is 5.36. The van der Waals surface area contributed by atoms with Gasteiger partial charge in [-0.2, -0.15) is 0 Å². The summed E-state index contributed by atoms with van der Waals surface area (Å²) in [7, 11) is 1.59. The molecule has 8 heteroatoms. The average Bonchev–Trinajstić information content (AvgIpc) is 2.88. The van der Waals surface area contributed by atoms with Crippen LogP contribution in [0.25, 0.3) is 16.6 Å². The smallest absolute Gasteiger partial charge is 0.266 e. The molecule has 0 N–H and O–H groups in total. The van der Waals surface area contributed by atoms with Gasteiger partial charge in [-0.3, -0.25) is 14.2 Å². The van der Waals surface area contributed by atoms with E-state index in [1.165, 1.54) is 11.8 Å². The molecule has 3 aromatic carbocycles. The number of fused-ring (bicyclic) bond motifs is 1. The molecule has 1 heterocycles. The van der Waals surface area contributed by atoms with Crippen LogP contribution in [0.5, 0.6) is 5.75 Å². The first-order valence-electron chi connectivity index (χ1n) is 11.3. The molecule has 1 aromatic heterocycles. The SMILES string of the molecule is CCN(CC)C(=O)c1ccc2c(=O)n(-c3cccc(OC)c3)c(SCc3ccc(Cl)cc3)nc2c1. The lowest BCUT2D eigenvalue weighted by Crippen LogP contribution is -2.30. The van der Waals surface area contributed by atoms with E-state index in [0.29, 0.717) is 56.9 Å². The van der Waals surface area contributed by atoms with Crippen molar-refractivity contribution >= 4 is 40.2 Å². The summed E-state index contributed by atoms with van der Waals surface area (Å²) in [6.45, 7) is 5.11.